The van der Waals surface area contributed by atoms with Gasteiger partial charge in [-0.25, -0.2) is 0 Å². The summed E-state index contributed by atoms with van der Waals surface area (Å²) < 4.78 is 2.71. The van der Waals surface area contributed by atoms with Crippen molar-refractivity contribution in [2.75, 3.05) is 4.93 Å². The van der Waals surface area contributed by atoms with Crippen LogP contribution in [0.15, 0.2) is 59.4 Å². The summed E-state index contributed by atoms with van der Waals surface area (Å²) in [5, 5.41) is 4.39. The first-order valence-corrected chi connectivity index (χ1v) is 9.36. The molecule has 102 valence electrons. The summed E-state index contributed by atoms with van der Waals surface area (Å²) in [5.74, 6) is 0.590. The molecule has 0 spiro atoms. The van der Waals surface area contributed by atoms with E-state index in [1.54, 1.807) is 0 Å². The Morgan fingerprint density at radius 2 is 1.90 bits per heavy atom. The molecule has 0 aliphatic heterocycles. The second-order valence-electron chi connectivity index (χ2n) is 4.23. The number of hydrogen-bond acceptors (Lipinski definition) is 2. The van der Waals surface area contributed by atoms with Crippen molar-refractivity contribution in [3.63, 3.8) is 0 Å². The maximum atomic E-state index is 12.1. The van der Waals surface area contributed by atoms with Crippen LogP contribution in [0.5, 0.6) is 0 Å². The molecule has 0 radical (unpaired) electrons. The molecule has 3 aromatic rings. The van der Waals surface area contributed by atoms with Crippen molar-refractivity contribution in [3.05, 3.63) is 68.7 Å². The molecule has 4 nitrogen and oxygen atoms in total. The molecule has 1 heterocycles. The van der Waals surface area contributed by atoms with E-state index in [1.807, 2.05) is 48.5 Å². The Labute approximate surface area is 126 Å². The molecular formula is C15H13IN3O-. The van der Waals surface area contributed by atoms with Crippen LogP contribution in [0.3, 0.4) is 0 Å². The van der Waals surface area contributed by atoms with Gasteiger partial charge >= 0.3 is 127 Å². The standard InChI is InChI=1S/C15H13IN3O/c1-16-12-8-5-9-13(10-12)19-15(20)17-14(18-19)11-6-3-2-4-7-11/h2-10H,1H3,(H,17,18,20)/q-1. The number of nitrogens with one attached hydrogen (secondary N) is 1. The molecule has 1 aromatic heterocycles. The molecule has 0 aliphatic rings. The summed E-state index contributed by atoms with van der Waals surface area (Å²) in [5.41, 5.74) is 1.50. The first-order valence-electron chi connectivity index (χ1n) is 6.12. The van der Waals surface area contributed by atoms with Gasteiger partial charge in [0, 0.05) is 0 Å². The van der Waals surface area contributed by atoms with Crippen LogP contribution in [0.2, 0.25) is 0 Å². The zero-order chi connectivity index (χ0) is 13.9. The maximum absolute atomic E-state index is 12.1. The van der Waals surface area contributed by atoms with Crippen molar-refractivity contribution in [1.29, 1.82) is 0 Å². The van der Waals surface area contributed by atoms with Crippen molar-refractivity contribution in [3.8, 4) is 17.1 Å². The van der Waals surface area contributed by atoms with Crippen LogP contribution in [-0.4, -0.2) is 19.7 Å². The van der Waals surface area contributed by atoms with Gasteiger partial charge < -0.3 is 0 Å². The van der Waals surface area contributed by atoms with Crippen molar-refractivity contribution >= 4 is 0 Å². The summed E-state index contributed by atoms with van der Waals surface area (Å²) in [6, 6.07) is 17.6. The molecule has 5 heteroatoms. The molecule has 3 rings (SSSR count). The van der Waals surface area contributed by atoms with Crippen LogP contribution in [-0.2, 0) is 0 Å². The summed E-state index contributed by atoms with van der Waals surface area (Å²) >= 11 is -0.000414. The Hall–Kier alpha value is -1.89. The molecule has 0 saturated heterocycles. The first kappa shape index (κ1) is 13.1. The molecule has 2 aromatic carbocycles. The number of alkyl halides is 1. The van der Waals surface area contributed by atoms with Gasteiger partial charge in [-0.3, -0.25) is 0 Å². The predicted molar refractivity (Wildman–Crippen MR) is 74.2 cm³/mol. The van der Waals surface area contributed by atoms with E-state index in [1.165, 1.54) is 8.25 Å². The molecule has 0 saturated carbocycles. The summed E-state index contributed by atoms with van der Waals surface area (Å²) in [4.78, 5) is 17.1. The molecule has 0 unspecified atom stereocenters. The third kappa shape index (κ3) is 2.53. The van der Waals surface area contributed by atoms with Gasteiger partial charge in [-0.15, -0.1) is 0 Å². The van der Waals surface area contributed by atoms with Gasteiger partial charge in [-0.1, -0.05) is 0 Å². The topological polar surface area (TPSA) is 50.7 Å². The van der Waals surface area contributed by atoms with Crippen LogP contribution in [0.25, 0.3) is 17.1 Å². The summed E-state index contributed by atoms with van der Waals surface area (Å²) in [6.45, 7) is 0. The van der Waals surface area contributed by atoms with Crippen LogP contribution in [0, 0.1) is 3.57 Å². The number of benzene rings is 2. The molecule has 0 atom stereocenters. The Bertz CT molecular complexity index is 777. The zero-order valence-electron chi connectivity index (χ0n) is 10.9. The third-order valence-electron chi connectivity index (χ3n) is 2.94. The first-order chi connectivity index (χ1) is 9.78. The van der Waals surface area contributed by atoms with Gasteiger partial charge in [0.15, 0.2) is 0 Å². The molecule has 1 N–H and O–H groups in total. The van der Waals surface area contributed by atoms with Crippen molar-refractivity contribution in [1.82, 2.24) is 14.8 Å². The normalized spacial score (nSPS) is 10.8. The van der Waals surface area contributed by atoms with E-state index in [0.717, 1.165) is 11.3 Å². The number of rotatable bonds is 3. The Morgan fingerprint density at radius 3 is 2.65 bits per heavy atom. The number of nitrogens with zero attached hydrogens (tertiary/aromatic N) is 2. The van der Waals surface area contributed by atoms with Gasteiger partial charge in [0.05, 0.1) is 0 Å². The quantitative estimate of drug-likeness (QED) is 0.475. The van der Waals surface area contributed by atoms with Gasteiger partial charge in [0.2, 0.25) is 0 Å². The van der Waals surface area contributed by atoms with Gasteiger partial charge in [-0.05, 0) is 0 Å². The van der Waals surface area contributed by atoms with Crippen LogP contribution in [0.1, 0.15) is 0 Å². The van der Waals surface area contributed by atoms with E-state index < -0.39 is 0 Å². The number of hydrogen-bond donors (Lipinski definition) is 1. The van der Waals surface area contributed by atoms with Gasteiger partial charge in [0.25, 0.3) is 0 Å². The molecule has 20 heavy (non-hydrogen) atoms. The average molecular weight is 378 g/mol. The van der Waals surface area contributed by atoms with E-state index in [-0.39, 0.29) is 26.9 Å². The second kappa shape index (κ2) is 5.62. The van der Waals surface area contributed by atoms with Crippen molar-refractivity contribution in [2.45, 2.75) is 0 Å². The Balaban J connectivity index is 2.07. The number of aromatic amines is 1. The summed E-state index contributed by atoms with van der Waals surface area (Å²) in [6.07, 6.45) is 0. The van der Waals surface area contributed by atoms with Crippen LogP contribution >= 0.6 is 0 Å². The van der Waals surface area contributed by atoms with Gasteiger partial charge in [-0.2, -0.15) is 0 Å². The SMILES string of the molecule is C[I-]c1cccc(-n2nc(-c3ccccc3)[nH]c2=O)c1. The van der Waals surface area contributed by atoms with Crippen LogP contribution < -0.4 is 26.9 Å². The van der Waals surface area contributed by atoms with E-state index >= 15 is 0 Å². The number of aromatic nitrogens is 3. The molecule has 0 fully saturated rings. The fraction of sp³-hybridized carbons (Fsp3) is 0.0667. The van der Waals surface area contributed by atoms with Crippen LogP contribution in [0.4, 0.5) is 0 Å². The van der Waals surface area contributed by atoms with E-state index in [9.17, 15) is 4.79 Å². The molecule has 0 aliphatic carbocycles. The van der Waals surface area contributed by atoms with Crippen molar-refractivity contribution in [2.24, 2.45) is 0 Å². The fourth-order valence-corrected chi connectivity index (χ4v) is 3.15. The van der Waals surface area contributed by atoms with E-state index in [2.05, 4.69) is 21.1 Å². The minimum atomic E-state index is -0.213. The monoisotopic (exact) mass is 378 g/mol. The predicted octanol–water partition coefficient (Wildman–Crippen LogP) is -0.884. The van der Waals surface area contributed by atoms with Crippen molar-refractivity contribution < 1.29 is 21.2 Å². The van der Waals surface area contributed by atoms with E-state index in [0.29, 0.717) is 5.82 Å². The Morgan fingerprint density at radius 1 is 1.10 bits per heavy atom. The fourth-order valence-electron chi connectivity index (χ4n) is 1.95. The second-order valence-corrected chi connectivity index (χ2v) is 6.55. The average Bonchev–Trinajstić information content (AvgIpc) is 2.90. The number of H-pyrrole nitrogens is 1. The number of halogens is 1. The Kier molecular flexibility index (Phi) is 3.68. The third-order valence-corrected chi connectivity index (χ3v) is 4.85. The summed E-state index contributed by atoms with van der Waals surface area (Å²) in [7, 11) is 0. The minimum absolute atomic E-state index is 0.000414. The molecule has 0 amide bonds. The zero-order valence-corrected chi connectivity index (χ0v) is 13.0. The van der Waals surface area contributed by atoms with Gasteiger partial charge in [0.1, 0.15) is 0 Å². The van der Waals surface area contributed by atoms with E-state index in [4.69, 9.17) is 0 Å². The molecule has 0 bridgehead atoms. The molecular weight excluding hydrogens is 365 g/mol.